The number of benzene rings is 1. The molecule has 7 rings (SSSR count). The number of ether oxygens (including phenoxy) is 2. The van der Waals surface area contributed by atoms with Crippen LogP contribution in [0.3, 0.4) is 0 Å². The molecule has 2 heterocycles. The average molecular weight is 742 g/mol. The number of fused-ring (bicyclic) bond motifs is 4. The highest BCUT2D eigenvalue weighted by Crippen LogP contribution is 2.49. The lowest BCUT2D eigenvalue weighted by Gasteiger charge is -2.43. The third kappa shape index (κ3) is 8.41. The van der Waals surface area contributed by atoms with E-state index in [1.165, 1.54) is 5.57 Å². The van der Waals surface area contributed by atoms with Crippen molar-refractivity contribution in [1.29, 1.82) is 0 Å². The zero-order chi connectivity index (χ0) is 37.8. The molecule has 1 aromatic heterocycles. The maximum atomic E-state index is 12.1. The van der Waals surface area contributed by atoms with E-state index in [9.17, 15) is 25.5 Å². The van der Waals surface area contributed by atoms with Gasteiger partial charge in [0.25, 0.3) is 0 Å². The van der Waals surface area contributed by atoms with Gasteiger partial charge in [0.05, 0.1) is 37.3 Å². The smallest absolute Gasteiger partial charge is 0.161 e. The van der Waals surface area contributed by atoms with E-state index in [1.54, 1.807) is 6.07 Å². The van der Waals surface area contributed by atoms with Gasteiger partial charge in [-0.05, 0) is 111 Å². The minimum Gasteiger partial charge on any atom is -0.504 e. The molecule has 9 N–H and O–H groups in total. The molecule has 1 saturated carbocycles. The number of aryl methyl sites for hydroxylation is 1. The Labute approximate surface area is 319 Å². The Kier molecular flexibility index (Phi) is 12.4. The van der Waals surface area contributed by atoms with Gasteiger partial charge in [0.15, 0.2) is 11.5 Å². The minimum absolute atomic E-state index is 0.00408. The quantitative estimate of drug-likeness (QED) is 0.127. The predicted octanol–water partition coefficient (Wildman–Crippen LogP) is 4.72. The number of dihydropyridines is 1. The number of phenols is 1. The van der Waals surface area contributed by atoms with E-state index in [0.717, 1.165) is 67.3 Å². The number of aromatic amines is 1. The summed E-state index contributed by atoms with van der Waals surface area (Å²) in [5.74, 6) is 7.52. The second-order valence-corrected chi connectivity index (χ2v) is 16.1. The van der Waals surface area contributed by atoms with Gasteiger partial charge in [-0.1, -0.05) is 49.3 Å². The summed E-state index contributed by atoms with van der Waals surface area (Å²) < 4.78 is 13.0. The monoisotopic (exact) mass is 741 g/mol. The number of rotatable bonds is 10. The first-order valence-electron chi connectivity index (χ1n) is 20.3. The largest absolute Gasteiger partial charge is 0.504 e. The molecule has 2 aromatic rings. The number of hydrogen-bond donors (Lipinski definition) is 8. The number of H-pyrrole nitrogens is 1. The summed E-state index contributed by atoms with van der Waals surface area (Å²) in [4.78, 5) is 3.33. The van der Waals surface area contributed by atoms with Crippen LogP contribution in [0.25, 0.3) is 0 Å². The molecule has 1 aromatic carbocycles. The zero-order valence-corrected chi connectivity index (χ0v) is 31.5. The first kappa shape index (κ1) is 38.6. The topological polar surface area (TPSA) is 173 Å². The van der Waals surface area contributed by atoms with Crippen molar-refractivity contribution in [2.24, 2.45) is 35.3 Å². The molecule has 0 amide bonds. The number of hydrogen-bond acceptors (Lipinski definition) is 9. The number of nitrogens with two attached hydrogens (primary N) is 1. The molecule has 11 atom stereocenters. The number of allylic oxidation sites excluding steroid dienone is 4. The van der Waals surface area contributed by atoms with Crippen LogP contribution in [0.4, 0.5) is 0 Å². The molecule has 4 aliphatic carbocycles. The van der Waals surface area contributed by atoms with Gasteiger partial charge < -0.3 is 51.0 Å². The van der Waals surface area contributed by atoms with E-state index < -0.39 is 24.4 Å². The first-order chi connectivity index (χ1) is 26.2. The highest BCUT2D eigenvalue weighted by atomic mass is 16.5. The molecule has 1 fully saturated rings. The highest BCUT2D eigenvalue weighted by Gasteiger charge is 2.45. The normalized spacial score (nSPS) is 33.1. The molecule has 10 heteroatoms. The first-order valence-corrected chi connectivity index (χ1v) is 20.3. The average Bonchev–Trinajstić information content (AvgIpc) is 3.64. The van der Waals surface area contributed by atoms with Gasteiger partial charge in [0.2, 0.25) is 0 Å². The van der Waals surface area contributed by atoms with Crippen molar-refractivity contribution in [3.05, 3.63) is 82.5 Å². The van der Waals surface area contributed by atoms with Gasteiger partial charge in [-0.25, -0.2) is 0 Å². The van der Waals surface area contributed by atoms with Gasteiger partial charge in [-0.2, -0.15) is 0 Å². The van der Waals surface area contributed by atoms with E-state index in [2.05, 4.69) is 41.2 Å². The van der Waals surface area contributed by atoms with Crippen LogP contribution in [-0.4, -0.2) is 80.8 Å². The number of aliphatic hydroxyl groups is 4. The Morgan fingerprint density at radius 1 is 1.04 bits per heavy atom. The minimum atomic E-state index is -1.17. The molecule has 0 bridgehead atoms. The van der Waals surface area contributed by atoms with Crippen LogP contribution in [0.5, 0.6) is 11.5 Å². The van der Waals surface area contributed by atoms with Crippen LogP contribution in [0.1, 0.15) is 87.4 Å². The lowest BCUT2D eigenvalue weighted by atomic mass is 9.70. The van der Waals surface area contributed by atoms with Crippen molar-refractivity contribution in [2.75, 3.05) is 19.8 Å². The molecule has 5 aliphatic rings. The van der Waals surface area contributed by atoms with E-state index in [-0.39, 0.29) is 60.4 Å². The molecule has 54 heavy (non-hydrogen) atoms. The summed E-state index contributed by atoms with van der Waals surface area (Å²) in [6, 6.07) is 7.70. The second-order valence-electron chi connectivity index (χ2n) is 16.1. The summed E-state index contributed by atoms with van der Waals surface area (Å²) in [5.41, 5.74) is 11.6. The number of aromatic nitrogens is 1. The van der Waals surface area contributed by atoms with Crippen LogP contribution in [-0.2, 0) is 17.6 Å². The molecule has 292 valence electrons. The molecular formula is C44H59N3O7. The summed E-state index contributed by atoms with van der Waals surface area (Å²) >= 11 is 0. The summed E-state index contributed by atoms with van der Waals surface area (Å²) in [7, 11) is 0. The zero-order valence-electron chi connectivity index (χ0n) is 31.5. The van der Waals surface area contributed by atoms with Crippen molar-refractivity contribution >= 4 is 0 Å². The fourth-order valence-electron chi connectivity index (χ4n) is 9.90. The van der Waals surface area contributed by atoms with E-state index in [0.29, 0.717) is 44.0 Å². The Morgan fingerprint density at radius 2 is 1.89 bits per heavy atom. The van der Waals surface area contributed by atoms with Gasteiger partial charge >= 0.3 is 0 Å². The van der Waals surface area contributed by atoms with E-state index in [1.807, 2.05) is 30.5 Å². The maximum Gasteiger partial charge on any atom is 0.161 e. The van der Waals surface area contributed by atoms with Crippen LogP contribution in [0, 0.1) is 41.4 Å². The molecular weight excluding hydrogens is 682 g/mol. The highest BCUT2D eigenvalue weighted by molar-refractivity contribution is 5.52. The lowest BCUT2D eigenvalue weighted by molar-refractivity contribution is -0.108. The lowest BCUT2D eigenvalue weighted by Crippen LogP contribution is -2.52. The van der Waals surface area contributed by atoms with Gasteiger partial charge in [0, 0.05) is 48.0 Å². The Morgan fingerprint density at radius 3 is 2.67 bits per heavy atom. The maximum absolute atomic E-state index is 12.1. The number of phenolic OH excluding ortho intramolecular Hbond substituents is 1. The van der Waals surface area contributed by atoms with Gasteiger partial charge in [-0.3, -0.25) is 0 Å². The molecule has 10 nitrogen and oxygen atoms in total. The molecule has 1 aliphatic heterocycles. The van der Waals surface area contributed by atoms with Crippen molar-refractivity contribution in [3.8, 4) is 23.3 Å². The van der Waals surface area contributed by atoms with Crippen molar-refractivity contribution in [3.63, 3.8) is 0 Å². The fourth-order valence-corrected chi connectivity index (χ4v) is 9.90. The van der Waals surface area contributed by atoms with E-state index in [4.69, 9.17) is 15.2 Å². The predicted molar refractivity (Wildman–Crippen MR) is 207 cm³/mol. The van der Waals surface area contributed by atoms with Crippen LogP contribution in [0.2, 0.25) is 0 Å². The number of aliphatic hydroxyl groups excluding tert-OH is 4. The molecule has 0 radical (unpaired) electrons. The fraction of sp³-hybridized carbons (Fsp3) is 0.591. The van der Waals surface area contributed by atoms with Crippen molar-refractivity contribution < 1.29 is 35.0 Å². The number of aromatic hydroxyl groups is 1. The summed E-state index contributed by atoms with van der Waals surface area (Å²) in [6.45, 7) is 2.93. The summed E-state index contributed by atoms with van der Waals surface area (Å²) in [6.07, 6.45) is 13.0. The number of nitrogens with one attached hydrogen (secondary N) is 2. The van der Waals surface area contributed by atoms with Crippen LogP contribution < -0.4 is 15.8 Å². The van der Waals surface area contributed by atoms with Gasteiger partial charge in [0.1, 0.15) is 12.2 Å². The third-order valence-corrected chi connectivity index (χ3v) is 12.8. The van der Waals surface area contributed by atoms with Crippen molar-refractivity contribution in [1.82, 2.24) is 10.3 Å². The summed E-state index contributed by atoms with van der Waals surface area (Å²) in [5, 5.41) is 59.0. The molecule has 0 spiro atoms. The Bertz CT molecular complexity index is 1740. The third-order valence-electron chi connectivity index (χ3n) is 12.8. The van der Waals surface area contributed by atoms with E-state index >= 15 is 0 Å². The second kappa shape index (κ2) is 17.4. The van der Waals surface area contributed by atoms with Crippen LogP contribution in [0.15, 0.2) is 65.7 Å². The van der Waals surface area contributed by atoms with Gasteiger partial charge in [-0.15, -0.1) is 0 Å². The molecule has 0 saturated heterocycles. The SMILES string of the molecule is CCC1C#CC2C=C3CCc4cc(O)c(OC5C(O)C(O)CCC5C(Cc5ccc[nH]5)C5=CCNC(N)=C5)cc4C3CC(O)C2C(OCCO)CCCC1. The standard InChI is InChI=1S/C44H59N3O7/c1-2-26-6-3-4-8-39(53-19-18-48)42-30(10-9-26)20-27-11-12-28-21-37(50)40(25-35(28)34(27)24-38(42)51)54-44-32(13-14-36(49)43(44)52)33(23-31-7-5-16-46-31)29-15-17-47-41(45)22-29/h5,7,15-16,20-22,25-26,30,32-34,36,38-39,42-44,46-52H,2-4,6,8,11-14,17-19,23-24,45H2,1H3. The molecule has 11 unspecified atom stereocenters. The Hall–Kier alpha value is -3.72. The van der Waals surface area contributed by atoms with Crippen molar-refractivity contribution in [2.45, 2.75) is 114 Å². The van der Waals surface area contributed by atoms with Crippen LogP contribution >= 0.6 is 0 Å². The Balaban J connectivity index is 1.23.